The Labute approximate surface area is 213 Å². The summed E-state index contributed by atoms with van der Waals surface area (Å²) in [7, 11) is 0. The Hall–Kier alpha value is -2.67. The van der Waals surface area contributed by atoms with Gasteiger partial charge >= 0.3 is 0 Å². The van der Waals surface area contributed by atoms with Crippen molar-refractivity contribution in [3.8, 4) is 5.75 Å². The van der Waals surface area contributed by atoms with Crippen molar-refractivity contribution in [3.05, 3.63) is 87.6 Å². The van der Waals surface area contributed by atoms with Crippen molar-refractivity contribution in [2.75, 3.05) is 32.8 Å². The van der Waals surface area contributed by atoms with Crippen molar-refractivity contribution in [1.82, 2.24) is 9.80 Å². The second-order valence-corrected chi connectivity index (χ2v) is 10.4. The quantitative estimate of drug-likeness (QED) is 0.415. The summed E-state index contributed by atoms with van der Waals surface area (Å²) in [6, 6.07) is 20.1. The molecule has 186 valence electrons. The van der Waals surface area contributed by atoms with Crippen LogP contribution < -0.4 is 4.74 Å². The summed E-state index contributed by atoms with van der Waals surface area (Å²) in [5, 5.41) is 12.8. The molecule has 1 aliphatic heterocycles. The molecular weight excluding hydrogens is 456 g/mol. The molecule has 0 radical (unpaired) electrons. The molecule has 35 heavy (non-hydrogen) atoms. The summed E-state index contributed by atoms with van der Waals surface area (Å²) in [6.45, 7) is 6.85. The minimum absolute atomic E-state index is 0.0973. The number of nitrogens with zero attached hydrogens (tertiary/aromatic N) is 2. The Morgan fingerprint density at radius 1 is 1.20 bits per heavy atom. The van der Waals surface area contributed by atoms with Crippen LogP contribution in [-0.4, -0.2) is 59.7 Å². The number of thiophene rings is 1. The fraction of sp³-hybridized carbons (Fsp3) is 0.414. The smallest absolute Gasteiger partial charge is 0.237 e. The summed E-state index contributed by atoms with van der Waals surface area (Å²) in [5.41, 5.74) is 3.46. The van der Waals surface area contributed by atoms with Gasteiger partial charge < -0.3 is 14.7 Å². The number of aliphatic hydroxyl groups is 1. The Morgan fingerprint density at radius 2 is 2.03 bits per heavy atom. The molecule has 5 nitrogen and oxygen atoms in total. The number of aryl methyl sites for hydroxylation is 1. The summed E-state index contributed by atoms with van der Waals surface area (Å²) in [6.07, 6.45) is 1.89. The van der Waals surface area contributed by atoms with E-state index in [1.807, 2.05) is 53.4 Å². The van der Waals surface area contributed by atoms with Gasteiger partial charge in [-0.05, 0) is 73.0 Å². The highest BCUT2D eigenvalue weighted by molar-refractivity contribution is 7.10. The van der Waals surface area contributed by atoms with Crippen LogP contribution in [0.25, 0.3) is 0 Å². The van der Waals surface area contributed by atoms with Gasteiger partial charge in [-0.2, -0.15) is 0 Å². The number of fused-ring (bicyclic) bond motifs is 1. The standard InChI is InChI=1S/C29H36N2O3S/c1-3-14-30(19-24(32)18-23-9-5-4-6-10-23)20-29(33)31-15-12-28-26(13-16-35-28)27(31)21-34-25-11-7-8-22(2)17-25/h4-11,13,16-17,24,27,32H,3,12,14-15,18-21H2,1-2H3. The lowest BCUT2D eigenvalue weighted by Crippen LogP contribution is -2.48. The van der Waals surface area contributed by atoms with Gasteiger partial charge in [-0.25, -0.2) is 0 Å². The number of carbonyl (C=O) groups is 1. The normalized spacial score (nSPS) is 16.2. The van der Waals surface area contributed by atoms with Crippen molar-refractivity contribution in [2.45, 2.75) is 45.3 Å². The zero-order chi connectivity index (χ0) is 24.6. The van der Waals surface area contributed by atoms with E-state index in [1.165, 1.54) is 10.4 Å². The lowest BCUT2D eigenvalue weighted by molar-refractivity contribution is -0.136. The number of carbonyl (C=O) groups excluding carboxylic acids is 1. The van der Waals surface area contributed by atoms with E-state index in [4.69, 9.17) is 4.74 Å². The van der Waals surface area contributed by atoms with E-state index in [9.17, 15) is 9.90 Å². The SMILES string of the molecule is CCCN(CC(=O)N1CCc2sccc2C1COc1cccc(C)c1)CC(O)Cc1ccccc1. The number of rotatable bonds is 11. The van der Waals surface area contributed by atoms with E-state index < -0.39 is 6.10 Å². The van der Waals surface area contributed by atoms with Crippen LogP contribution in [0.2, 0.25) is 0 Å². The summed E-state index contributed by atoms with van der Waals surface area (Å²) < 4.78 is 6.17. The summed E-state index contributed by atoms with van der Waals surface area (Å²) in [4.78, 5) is 19.0. The third-order valence-corrected chi connectivity index (χ3v) is 7.49. The van der Waals surface area contributed by atoms with Crippen LogP contribution in [0.15, 0.2) is 66.0 Å². The van der Waals surface area contributed by atoms with Crippen LogP contribution in [0.5, 0.6) is 5.75 Å². The minimum Gasteiger partial charge on any atom is -0.491 e. The van der Waals surface area contributed by atoms with Crippen molar-refractivity contribution < 1.29 is 14.6 Å². The zero-order valence-electron chi connectivity index (χ0n) is 20.7. The average molecular weight is 493 g/mol. The van der Waals surface area contributed by atoms with Crippen molar-refractivity contribution in [2.24, 2.45) is 0 Å². The van der Waals surface area contributed by atoms with Crippen LogP contribution in [0.3, 0.4) is 0 Å². The van der Waals surface area contributed by atoms with Gasteiger partial charge in [-0.3, -0.25) is 9.69 Å². The predicted octanol–water partition coefficient (Wildman–Crippen LogP) is 4.88. The second-order valence-electron chi connectivity index (χ2n) is 9.36. The van der Waals surface area contributed by atoms with Gasteiger partial charge in [-0.1, -0.05) is 49.4 Å². The van der Waals surface area contributed by atoms with Gasteiger partial charge in [-0.15, -0.1) is 11.3 Å². The fourth-order valence-electron chi connectivity index (χ4n) is 4.84. The number of amides is 1. The predicted molar refractivity (Wildman–Crippen MR) is 142 cm³/mol. The maximum absolute atomic E-state index is 13.6. The van der Waals surface area contributed by atoms with Crippen molar-refractivity contribution >= 4 is 17.2 Å². The molecule has 1 N–H and O–H groups in total. The third kappa shape index (κ3) is 6.94. The highest BCUT2D eigenvalue weighted by Gasteiger charge is 2.33. The molecule has 0 saturated heterocycles. The zero-order valence-corrected chi connectivity index (χ0v) is 21.5. The molecule has 6 heteroatoms. The largest absolute Gasteiger partial charge is 0.491 e. The number of hydrogen-bond donors (Lipinski definition) is 1. The molecule has 2 aromatic carbocycles. The first kappa shape index (κ1) is 25.4. The molecule has 0 saturated carbocycles. The Bertz CT molecular complexity index is 1080. The number of benzene rings is 2. The lowest BCUT2D eigenvalue weighted by atomic mass is 10.00. The second kappa shape index (κ2) is 12.3. The molecule has 3 aromatic rings. The molecule has 1 aliphatic rings. The van der Waals surface area contributed by atoms with Crippen molar-refractivity contribution in [1.29, 1.82) is 0 Å². The van der Waals surface area contributed by atoms with Crippen molar-refractivity contribution in [3.63, 3.8) is 0 Å². The molecular formula is C29H36N2O3S. The summed E-state index contributed by atoms with van der Waals surface area (Å²) in [5.74, 6) is 0.927. The maximum Gasteiger partial charge on any atom is 0.237 e. The van der Waals surface area contributed by atoms with E-state index >= 15 is 0 Å². The molecule has 2 heterocycles. The van der Waals surface area contributed by atoms with E-state index in [0.29, 0.717) is 32.7 Å². The van der Waals surface area contributed by atoms with E-state index in [-0.39, 0.29) is 11.9 Å². The molecule has 0 aliphatic carbocycles. The monoisotopic (exact) mass is 492 g/mol. The van der Waals surface area contributed by atoms with Crippen LogP contribution in [0.1, 0.15) is 41.0 Å². The highest BCUT2D eigenvalue weighted by atomic mass is 32.1. The highest BCUT2D eigenvalue weighted by Crippen LogP contribution is 2.34. The molecule has 4 rings (SSSR count). The van der Waals surface area contributed by atoms with Crippen LogP contribution in [0, 0.1) is 6.92 Å². The first-order valence-electron chi connectivity index (χ1n) is 12.5. The van der Waals surface area contributed by atoms with E-state index in [0.717, 1.165) is 36.3 Å². The van der Waals surface area contributed by atoms with E-state index in [2.05, 4.69) is 36.3 Å². The van der Waals surface area contributed by atoms with Crippen LogP contribution in [-0.2, 0) is 17.6 Å². The Balaban J connectivity index is 1.42. The van der Waals surface area contributed by atoms with Gasteiger partial charge in [0.2, 0.25) is 5.91 Å². The first-order valence-corrected chi connectivity index (χ1v) is 13.4. The molecule has 0 bridgehead atoms. The van der Waals surface area contributed by atoms with Gasteiger partial charge in [0.1, 0.15) is 12.4 Å². The number of hydrogen-bond acceptors (Lipinski definition) is 5. The molecule has 0 fully saturated rings. The third-order valence-electron chi connectivity index (χ3n) is 6.49. The molecule has 0 spiro atoms. The van der Waals surface area contributed by atoms with Gasteiger partial charge in [0.25, 0.3) is 0 Å². The van der Waals surface area contributed by atoms with Gasteiger partial charge in [0.15, 0.2) is 0 Å². The molecule has 1 aromatic heterocycles. The molecule has 1 amide bonds. The van der Waals surface area contributed by atoms with Crippen LogP contribution in [0.4, 0.5) is 0 Å². The Morgan fingerprint density at radius 3 is 2.80 bits per heavy atom. The average Bonchev–Trinajstić information content (AvgIpc) is 3.32. The topological polar surface area (TPSA) is 53.0 Å². The van der Waals surface area contributed by atoms with Gasteiger partial charge in [0.05, 0.1) is 18.7 Å². The van der Waals surface area contributed by atoms with Gasteiger partial charge in [0, 0.05) is 18.0 Å². The number of ether oxygens (including phenoxy) is 1. The number of aliphatic hydroxyl groups excluding tert-OH is 1. The maximum atomic E-state index is 13.6. The molecule has 2 unspecified atom stereocenters. The first-order chi connectivity index (χ1) is 17.0. The summed E-state index contributed by atoms with van der Waals surface area (Å²) >= 11 is 1.76. The Kier molecular flexibility index (Phi) is 8.96. The lowest BCUT2D eigenvalue weighted by Gasteiger charge is -2.37. The van der Waals surface area contributed by atoms with E-state index in [1.54, 1.807) is 11.3 Å². The molecule has 2 atom stereocenters. The minimum atomic E-state index is -0.512. The fourth-order valence-corrected chi connectivity index (χ4v) is 5.77. The van der Waals surface area contributed by atoms with Crippen LogP contribution >= 0.6 is 11.3 Å².